The maximum absolute atomic E-state index is 13.9. The molecule has 5 nitrogen and oxygen atoms in total. The molecule has 1 aromatic carbocycles. The van der Waals surface area contributed by atoms with Gasteiger partial charge < -0.3 is 10.6 Å². The van der Waals surface area contributed by atoms with Gasteiger partial charge in [-0.05, 0) is 70.7 Å². The van der Waals surface area contributed by atoms with Crippen LogP contribution in [0.25, 0.3) is 0 Å². The number of aromatic nitrogens is 3. The fraction of sp³-hybridized carbons (Fsp3) is 0.600. The van der Waals surface area contributed by atoms with Gasteiger partial charge in [0.05, 0.1) is 11.7 Å². The monoisotopic (exact) mass is 359 g/mol. The molecule has 3 rings (SSSR count). The van der Waals surface area contributed by atoms with Crippen LogP contribution < -0.4 is 5.73 Å². The number of hydrogen-bond acceptors (Lipinski definition) is 4. The lowest BCUT2D eigenvalue weighted by molar-refractivity contribution is 0.130. The second kappa shape index (κ2) is 7.84. The third-order valence-corrected chi connectivity index (χ3v) is 5.39. The lowest BCUT2D eigenvalue weighted by Gasteiger charge is -2.36. The van der Waals surface area contributed by atoms with Crippen molar-refractivity contribution in [3.05, 3.63) is 47.5 Å². The van der Waals surface area contributed by atoms with Crippen molar-refractivity contribution in [2.45, 2.75) is 58.2 Å². The molecule has 26 heavy (non-hydrogen) atoms. The van der Waals surface area contributed by atoms with Gasteiger partial charge in [-0.25, -0.2) is 4.39 Å². The highest BCUT2D eigenvalue weighted by Gasteiger charge is 2.25. The predicted octanol–water partition coefficient (Wildman–Crippen LogP) is 2.95. The normalized spacial score (nSPS) is 18.2. The average Bonchev–Trinajstić information content (AvgIpc) is 3.06. The molecule has 0 bridgehead atoms. The minimum absolute atomic E-state index is 0.0981. The van der Waals surface area contributed by atoms with Crippen LogP contribution in [0.2, 0.25) is 0 Å². The topological polar surface area (TPSA) is 60.0 Å². The van der Waals surface area contributed by atoms with E-state index in [1.165, 1.54) is 0 Å². The summed E-state index contributed by atoms with van der Waals surface area (Å²) in [6.07, 6.45) is 4.98. The number of halogens is 1. The molecule has 0 amide bonds. The Hall–Kier alpha value is -1.79. The lowest BCUT2D eigenvalue weighted by atomic mass is 9.94. The number of nitrogens with two attached hydrogens (primary N) is 1. The Kier molecular flexibility index (Phi) is 5.73. The molecule has 2 heterocycles. The van der Waals surface area contributed by atoms with Crippen molar-refractivity contribution in [2.75, 3.05) is 13.1 Å². The van der Waals surface area contributed by atoms with Crippen molar-refractivity contribution in [3.8, 4) is 0 Å². The molecule has 1 atom stereocenters. The Morgan fingerprint density at radius 1 is 1.27 bits per heavy atom. The molecule has 1 aliphatic heterocycles. The molecule has 1 aromatic heterocycles. The summed E-state index contributed by atoms with van der Waals surface area (Å²) < 4.78 is 15.8. The maximum Gasteiger partial charge on any atom is 0.126 e. The van der Waals surface area contributed by atoms with Crippen LogP contribution in [-0.2, 0) is 18.5 Å². The highest BCUT2D eigenvalue weighted by molar-refractivity contribution is 5.18. The molecule has 142 valence electrons. The van der Waals surface area contributed by atoms with Crippen LogP contribution in [0, 0.1) is 11.7 Å². The van der Waals surface area contributed by atoms with Crippen molar-refractivity contribution in [1.82, 2.24) is 19.9 Å². The van der Waals surface area contributed by atoms with E-state index < -0.39 is 5.54 Å². The molecular weight excluding hydrogens is 329 g/mol. The fourth-order valence-electron chi connectivity index (χ4n) is 3.63. The first kappa shape index (κ1) is 19.0. The zero-order valence-electron chi connectivity index (χ0n) is 16.0. The maximum atomic E-state index is 13.9. The van der Waals surface area contributed by atoms with Gasteiger partial charge in [-0.1, -0.05) is 23.4 Å². The summed E-state index contributed by atoms with van der Waals surface area (Å²) in [5.74, 6) is 0.501. The van der Waals surface area contributed by atoms with Crippen LogP contribution in [-0.4, -0.2) is 39.0 Å². The van der Waals surface area contributed by atoms with E-state index >= 15 is 0 Å². The highest BCUT2D eigenvalue weighted by Crippen LogP contribution is 2.23. The predicted molar refractivity (Wildman–Crippen MR) is 101 cm³/mol. The molecule has 2 N–H and O–H groups in total. The van der Waals surface area contributed by atoms with E-state index in [1.54, 1.807) is 12.1 Å². The van der Waals surface area contributed by atoms with Crippen LogP contribution >= 0.6 is 0 Å². The second-order valence-corrected chi connectivity index (χ2v) is 8.17. The molecule has 6 heteroatoms. The molecule has 0 aliphatic carbocycles. The molecule has 1 aliphatic rings. The van der Waals surface area contributed by atoms with Crippen molar-refractivity contribution >= 4 is 0 Å². The van der Waals surface area contributed by atoms with Gasteiger partial charge >= 0.3 is 0 Å². The van der Waals surface area contributed by atoms with Crippen LogP contribution in [0.15, 0.2) is 30.5 Å². The summed E-state index contributed by atoms with van der Waals surface area (Å²) in [6, 6.07) is 7.44. The van der Waals surface area contributed by atoms with E-state index in [0.29, 0.717) is 12.0 Å². The highest BCUT2D eigenvalue weighted by atomic mass is 19.1. The van der Waals surface area contributed by atoms with E-state index in [0.717, 1.165) is 50.2 Å². The van der Waals surface area contributed by atoms with Crippen LogP contribution in [0.5, 0.6) is 0 Å². The van der Waals surface area contributed by atoms with Gasteiger partial charge in [0, 0.05) is 12.6 Å². The average molecular weight is 359 g/mol. The minimum atomic E-state index is -0.455. The van der Waals surface area contributed by atoms with Crippen molar-refractivity contribution in [1.29, 1.82) is 0 Å². The third-order valence-electron chi connectivity index (χ3n) is 5.39. The number of hydrogen-bond donors (Lipinski definition) is 1. The zero-order valence-corrected chi connectivity index (χ0v) is 16.0. The van der Waals surface area contributed by atoms with Gasteiger partial charge in [0.1, 0.15) is 11.5 Å². The van der Waals surface area contributed by atoms with E-state index in [9.17, 15) is 4.39 Å². The van der Waals surface area contributed by atoms with Gasteiger partial charge in [0.2, 0.25) is 0 Å². The fourth-order valence-corrected chi connectivity index (χ4v) is 3.63. The summed E-state index contributed by atoms with van der Waals surface area (Å²) in [7, 11) is 0. The molecule has 1 unspecified atom stereocenters. The van der Waals surface area contributed by atoms with Gasteiger partial charge in [-0.2, -0.15) is 0 Å². The number of piperidine rings is 1. The zero-order chi connectivity index (χ0) is 18.7. The van der Waals surface area contributed by atoms with Crippen LogP contribution in [0.3, 0.4) is 0 Å². The Bertz CT molecular complexity index is 713. The van der Waals surface area contributed by atoms with Gasteiger partial charge in [-0.15, -0.1) is 5.10 Å². The quantitative estimate of drug-likeness (QED) is 0.861. The smallest absolute Gasteiger partial charge is 0.126 e. The minimum Gasteiger partial charge on any atom is -0.320 e. The number of nitrogens with zero attached hydrogens (tertiary/aromatic N) is 4. The molecule has 0 radical (unpaired) electrons. The molecule has 1 saturated heterocycles. The van der Waals surface area contributed by atoms with Crippen molar-refractivity contribution in [2.24, 2.45) is 11.7 Å². The number of likely N-dealkylation sites (tertiary alicyclic amines) is 1. The third kappa shape index (κ3) is 4.68. The Morgan fingerprint density at radius 2 is 1.96 bits per heavy atom. The van der Waals surface area contributed by atoms with E-state index in [1.807, 2.05) is 36.9 Å². The number of benzene rings is 1. The summed E-state index contributed by atoms with van der Waals surface area (Å²) in [6.45, 7) is 9.06. The van der Waals surface area contributed by atoms with Crippen molar-refractivity contribution < 1.29 is 4.39 Å². The molecular formula is C20H30FN5. The lowest BCUT2D eigenvalue weighted by Crippen LogP contribution is -2.41. The Morgan fingerprint density at radius 3 is 2.58 bits per heavy atom. The van der Waals surface area contributed by atoms with Gasteiger partial charge in [0.25, 0.3) is 0 Å². The first-order valence-electron chi connectivity index (χ1n) is 9.50. The molecule has 2 aromatic rings. The molecule has 1 fully saturated rings. The summed E-state index contributed by atoms with van der Waals surface area (Å²) in [5.41, 5.74) is 7.26. The Labute approximate surface area is 155 Å². The van der Waals surface area contributed by atoms with Crippen molar-refractivity contribution in [3.63, 3.8) is 0 Å². The summed E-state index contributed by atoms with van der Waals surface area (Å²) in [4.78, 5) is 2.47. The van der Waals surface area contributed by atoms with E-state index in [4.69, 9.17) is 5.73 Å². The standard InChI is InChI=1S/C20H30FN5/c1-15(12-17-6-4-5-7-18(17)21)25-10-8-16(9-11-25)13-26-14-19(23-24-26)20(2,3)22/h4-7,14-16H,8-13,22H2,1-3H3. The molecule has 0 saturated carbocycles. The summed E-state index contributed by atoms with van der Waals surface area (Å²) in [5, 5.41) is 8.42. The van der Waals surface area contributed by atoms with Crippen LogP contribution in [0.4, 0.5) is 4.39 Å². The second-order valence-electron chi connectivity index (χ2n) is 8.17. The largest absolute Gasteiger partial charge is 0.320 e. The van der Waals surface area contributed by atoms with E-state index in [-0.39, 0.29) is 5.82 Å². The van der Waals surface area contributed by atoms with E-state index in [2.05, 4.69) is 22.1 Å². The van der Waals surface area contributed by atoms with Gasteiger partial charge in [0.15, 0.2) is 0 Å². The van der Waals surface area contributed by atoms with Gasteiger partial charge in [-0.3, -0.25) is 4.68 Å². The van der Waals surface area contributed by atoms with Crippen LogP contribution in [0.1, 0.15) is 44.9 Å². The molecule has 0 spiro atoms. The number of rotatable bonds is 6. The Balaban J connectivity index is 1.49. The first-order valence-corrected chi connectivity index (χ1v) is 9.50. The summed E-state index contributed by atoms with van der Waals surface area (Å²) >= 11 is 0. The first-order chi connectivity index (χ1) is 12.3. The SMILES string of the molecule is CC(Cc1ccccc1F)N1CCC(Cn2cc(C(C)(C)N)nn2)CC1.